The molecule has 0 amide bonds. The van der Waals surface area contributed by atoms with E-state index in [1.807, 2.05) is 7.05 Å². The van der Waals surface area contributed by atoms with Crippen molar-refractivity contribution in [3.8, 4) is 0 Å². The van der Waals surface area contributed by atoms with E-state index in [2.05, 4.69) is 30.5 Å². The zero-order chi connectivity index (χ0) is 22.2. The number of fused-ring (bicyclic) bond motifs is 1. The van der Waals surface area contributed by atoms with Gasteiger partial charge in [0.05, 0.1) is 16.8 Å². The van der Waals surface area contributed by atoms with E-state index in [4.69, 9.17) is 11.6 Å². The van der Waals surface area contributed by atoms with Gasteiger partial charge in [0.1, 0.15) is 10.7 Å². The third-order valence-corrected chi connectivity index (χ3v) is 6.36. The van der Waals surface area contributed by atoms with Crippen LogP contribution in [0.3, 0.4) is 0 Å². The second kappa shape index (κ2) is 8.29. The number of aromatic nitrogens is 3. The van der Waals surface area contributed by atoms with Gasteiger partial charge in [0.2, 0.25) is 5.95 Å². The van der Waals surface area contributed by atoms with Crippen molar-refractivity contribution >= 4 is 44.6 Å². The summed E-state index contributed by atoms with van der Waals surface area (Å²) in [5, 5.41) is 6.09. The molecule has 162 valence electrons. The van der Waals surface area contributed by atoms with E-state index in [1.165, 1.54) is 12.3 Å². The van der Waals surface area contributed by atoms with Gasteiger partial charge in [-0.3, -0.25) is 4.79 Å². The van der Waals surface area contributed by atoms with E-state index in [0.29, 0.717) is 11.4 Å². The van der Waals surface area contributed by atoms with Crippen LogP contribution in [0.15, 0.2) is 46.2 Å². The standard InChI is InChI=1S/C20H21ClN6O3S/c1-27-8-7-14-12(11-27)9-16(19(28)24-14)25-20-22-10-13(21)18(26-20)23-15-5-3-4-6-17(15)31(2,29)30/h3-6,9-10H,7-8,11H2,1-2H3,(H,24,28)(H2,22,23,25,26). The predicted octanol–water partition coefficient (Wildman–Crippen LogP) is 2.70. The summed E-state index contributed by atoms with van der Waals surface area (Å²) in [6, 6.07) is 8.25. The topological polar surface area (TPSA) is 120 Å². The molecule has 0 unspecified atom stereocenters. The number of halogens is 1. The monoisotopic (exact) mass is 460 g/mol. The molecule has 0 atom stereocenters. The molecule has 11 heteroatoms. The number of hydrogen-bond acceptors (Lipinski definition) is 8. The van der Waals surface area contributed by atoms with Crippen molar-refractivity contribution in [1.29, 1.82) is 0 Å². The molecule has 0 bridgehead atoms. The van der Waals surface area contributed by atoms with Crippen LogP contribution in [0, 0.1) is 0 Å². The number of rotatable bonds is 5. The number of benzene rings is 1. The molecular weight excluding hydrogens is 440 g/mol. The summed E-state index contributed by atoms with van der Waals surface area (Å²) in [7, 11) is -1.43. The molecule has 3 N–H and O–H groups in total. The number of aromatic amines is 1. The maximum atomic E-state index is 12.5. The van der Waals surface area contributed by atoms with Crippen LogP contribution in [0.4, 0.5) is 23.1 Å². The Labute approximate surface area is 184 Å². The number of para-hydroxylation sites is 1. The normalized spacial score (nSPS) is 14.2. The van der Waals surface area contributed by atoms with Crippen molar-refractivity contribution in [2.75, 3.05) is 30.5 Å². The average Bonchev–Trinajstić information content (AvgIpc) is 2.71. The Morgan fingerprint density at radius 3 is 2.74 bits per heavy atom. The number of H-pyrrole nitrogens is 1. The minimum absolute atomic E-state index is 0.120. The lowest BCUT2D eigenvalue weighted by Gasteiger charge is -2.24. The van der Waals surface area contributed by atoms with Gasteiger partial charge in [-0.05, 0) is 30.8 Å². The predicted molar refractivity (Wildman–Crippen MR) is 120 cm³/mol. The minimum atomic E-state index is -3.46. The molecule has 0 saturated heterocycles. The van der Waals surface area contributed by atoms with Crippen LogP contribution < -0.4 is 16.2 Å². The van der Waals surface area contributed by atoms with Crippen molar-refractivity contribution in [2.24, 2.45) is 0 Å². The molecule has 31 heavy (non-hydrogen) atoms. The van der Waals surface area contributed by atoms with Gasteiger partial charge in [-0.1, -0.05) is 23.7 Å². The molecule has 0 spiro atoms. The SMILES string of the molecule is CN1CCc2[nH]c(=O)c(Nc3ncc(Cl)c(Nc4ccccc4S(C)(=O)=O)n3)cc2C1. The van der Waals surface area contributed by atoms with Crippen LogP contribution >= 0.6 is 11.6 Å². The fraction of sp³-hybridized carbons (Fsp3) is 0.250. The summed E-state index contributed by atoms with van der Waals surface area (Å²) < 4.78 is 24.1. The summed E-state index contributed by atoms with van der Waals surface area (Å²) in [5.74, 6) is 0.364. The van der Waals surface area contributed by atoms with Crippen molar-refractivity contribution in [2.45, 2.75) is 17.9 Å². The lowest BCUT2D eigenvalue weighted by atomic mass is 10.1. The highest BCUT2D eigenvalue weighted by Crippen LogP contribution is 2.28. The van der Waals surface area contributed by atoms with Gasteiger partial charge in [0.15, 0.2) is 15.7 Å². The van der Waals surface area contributed by atoms with Gasteiger partial charge in [-0.25, -0.2) is 13.4 Å². The third kappa shape index (κ3) is 4.71. The largest absolute Gasteiger partial charge is 0.338 e. The van der Waals surface area contributed by atoms with Crippen LogP contribution in [0.1, 0.15) is 11.3 Å². The van der Waals surface area contributed by atoms with E-state index in [0.717, 1.165) is 37.0 Å². The smallest absolute Gasteiger partial charge is 0.271 e. The number of hydrogen-bond donors (Lipinski definition) is 3. The number of nitrogens with one attached hydrogen (secondary N) is 3. The Bertz CT molecular complexity index is 1310. The lowest BCUT2D eigenvalue weighted by Crippen LogP contribution is -2.29. The van der Waals surface area contributed by atoms with Crippen LogP contribution in [0.25, 0.3) is 0 Å². The van der Waals surface area contributed by atoms with Gasteiger partial charge in [-0.2, -0.15) is 4.98 Å². The first-order valence-electron chi connectivity index (χ1n) is 9.50. The first-order chi connectivity index (χ1) is 14.7. The summed E-state index contributed by atoms with van der Waals surface area (Å²) in [4.78, 5) is 26.2. The molecular formula is C20H21ClN6O3S. The quantitative estimate of drug-likeness (QED) is 0.531. The van der Waals surface area contributed by atoms with Crippen molar-refractivity contribution in [1.82, 2.24) is 19.9 Å². The molecule has 0 aliphatic carbocycles. The van der Waals surface area contributed by atoms with E-state index < -0.39 is 9.84 Å². The second-order valence-electron chi connectivity index (χ2n) is 7.41. The minimum Gasteiger partial charge on any atom is -0.338 e. The van der Waals surface area contributed by atoms with Crippen LogP contribution in [0.5, 0.6) is 0 Å². The Kier molecular flexibility index (Phi) is 5.69. The molecule has 1 aromatic carbocycles. The Hall–Kier alpha value is -2.95. The van der Waals surface area contributed by atoms with Gasteiger partial charge in [0, 0.05) is 31.5 Å². The van der Waals surface area contributed by atoms with Gasteiger partial charge >= 0.3 is 0 Å². The second-order valence-corrected chi connectivity index (χ2v) is 9.80. The van der Waals surface area contributed by atoms with Gasteiger partial charge in [-0.15, -0.1) is 0 Å². The number of anilines is 4. The first kappa shape index (κ1) is 21.3. The number of nitrogens with zero attached hydrogens (tertiary/aromatic N) is 3. The van der Waals surface area contributed by atoms with Crippen LogP contribution in [0.2, 0.25) is 5.02 Å². The highest BCUT2D eigenvalue weighted by Gasteiger charge is 2.18. The van der Waals surface area contributed by atoms with E-state index in [9.17, 15) is 13.2 Å². The van der Waals surface area contributed by atoms with Crippen LogP contribution in [-0.4, -0.2) is 48.1 Å². The molecule has 3 aromatic rings. The average molecular weight is 461 g/mol. The maximum Gasteiger partial charge on any atom is 0.271 e. The highest BCUT2D eigenvalue weighted by molar-refractivity contribution is 7.90. The maximum absolute atomic E-state index is 12.5. The zero-order valence-corrected chi connectivity index (χ0v) is 18.5. The van der Waals surface area contributed by atoms with Crippen molar-refractivity contribution in [3.63, 3.8) is 0 Å². The molecule has 1 aliphatic rings. The Morgan fingerprint density at radius 1 is 1.19 bits per heavy atom. The van der Waals surface area contributed by atoms with Crippen molar-refractivity contribution in [3.05, 3.63) is 63.2 Å². The fourth-order valence-electron chi connectivity index (χ4n) is 3.40. The van der Waals surface area contributed by atoms with E-state index in [-0.39, 0.29) is 27.2 Å². The molecule has 3 heterocycles. The molecule has 9 nitrogen and oxygen atoms in total. The van der Waals surface area contributed by atoms with Gasteiger partial charge in [0.25, 0.3) is 5.56 Å². The fourth-order valence-corrected chi connectivity index (χ4v) is 4.38. The molecule has 0 radical (unpaired) electrons. The first-order valence-corrected chi connectivity index (χ1v) is 11.8. The summed E-state index contributed by atoms with van der Waals surface area (Å²) in [5.41, 5.74) is 2.36. The van der Waals surface area contributed by atoms with E-state index in [1.54, 1.807) is 24.3 Å². The molecule has 0 saturated carbocycles. The summed E-state index contributed by atoms with van der Waals surface area (Å²) >= 11 is 6.22. The Morgan fingerprint density at radius 2 is 1.97 bits per heavy atom. The van der Waals surface area contributed by atoms with E-state index >= 15 is 0 Å². The number of likely N-dealkylation sites (N-methyl/N-ethyl adjacent to an activating group) is 1. The van der Waals surface area contributed by atoms with Gasteiger partial charge < -0.3 is 20.5 Å². The lowest BCUT2D eigenvalue weighted by molar-refractivity contribution is 0.310. The molecule has 1 aliphatic heterocycles. The van der Waals surface area contributed by atoms with Crippen molar-refractivity contribution < 1.29 is 8.42 Å². The summed E-state index contributed by atoms with van der Waals surface area (Å²) in [6.07, 6.45) is 3.29. The molecule has 2 aromatic heterocycles. The number of sulfone groups is 1. The molecule has 0 fully saturated rings. The Balaban J connectivity index is 1.64. The number of pyridine rings is 1. The zero-order valence-electron chi connectivity index (χ0n) is 16.9. The third-order valence-electron chi connectivity index (χ3n) is 4.93. The van der Waals surface area contributed by atoms with Crippen LogP contribution in [-0.2, 0) is 22.8 Å². The molecule has 4 rings (SSSR count). The summed E-state index contributed by atoms with van der Waals surface area (Å²) in [6.45, 7) is 1.62. The highest BCUT2D eigenvalue weighted by atomic mass is 35.5.